The molecule has 0 unspecified atom stereocenters. The van der Waals surface area contributed by atoms with Gasteiger partial charge in [-0.25, -0.2) is 0 Å². The number of nitrogens with zero attached hydrogens (tertiary/aromatic N) is 2. The molecule has 0 N–H and O–H groups in total. The topological polar surface area (TPSA) is 17.3 Å². The maximum absolute atomic E-state index is 4.93. The molecule has 3 rings (SSSR count). The number of pyridine rings is 1. The van der Waals surface area contributed by atoms with E-state index in [-0.39, 0.29) is 0 Å². The van der Waals surface area contributed by atoms with Gasteiger partial charge in [0, 0.05) is 0 Å². The first-order valence-corrected chi connectivity index (χ1v) is 18.1. The van der Waals surface area contributed by atoms with Crippen molar-refractivity contribution in [2.45, 2.75) is 72.6 Å². The van der Waals surface area contributed by atoms with Gasteiger partial charge in [-0.05, 0) is 0 Å². The summed E-state index contributed by atoms with van der Waals surface area (Å²) >= 11 is -2.36. The van der Waals surface area contributed by atoms with Gasteiger partial charge in [0.15, 0.2) is 0 Å². The molecule has 0 spiro atoms. The van der Waals surface area contributed by atoms with E-state index in [1.54, 1.807) is 3.58 Å². The fourth-order valence-electron chi connectivity index (χ4n) is 4.35. The Hall–Kier alpha value is -1.03. The molecule has 0 aliphatic heterocycles. The normalized spacial score (nSPS) is 12.3. The van der Waals surface area contributed by atoms with Crippen LogP contribution < -0.4 is 3.58 Å². The summed E-state index contributed by atoms with van der Waals surface area (Å²) in [4.78, 5) is 4.93. The second-order valence-electron chi connectivity index (χ2n) is 7.84. The minimum atomic E-state index is -2.36. The summed E-state index contributed by atoms with van der Waals surface area (Å²) in [6.07, 6.45) is 10.3. The van der Waals surface area contributed by atoms with Gasteiger partial charge >= 0.3 is 163 Å². The van der Waals surface area contributed by atoms with Crippen LogP contribution in [-0.2, 0) is 0 Å². The molecule has 2 heterocycles. The Kier molecular flexibility index (Phi) is 7.02. The maximum atomic E-state index is 4.93. The molecule has 0 saturated carbocycles. The van der Waals surface area contributed by atoms with E-state index in [0.717, 1.165) is 5.65 Å². The number of rotatable bonds is 10. The first kappa shape index (κ1) is 19.7. The predicted molar refractivity (Wildman–Crippen MR) is 117 cm³/mol. The minimum absolute atomic E-state index is 1.07. The molecule has 0 bridgehead atoms. The molecule has 1 aromatic carbocycles. The van der Waals surface area contributed by atoms with Gasteiger partial charge in [-0.3, -0.25) is 0 Å². The van der Waals surface area contributed by atoms with Crippen molar-refractivity contribution >= 4 is 38.6 Å². The van der Waals surface area contributed by atoms with Crippen molar-refractivity contribution in [1.29, 1.82) is 0 Å². The van der Waals surface area contributed by atoms with E-state index in [0.29, 0.717) is 0 Å². The van der Waals surface area contributed by atoms with Crippen LogP contribution >= 0.6 is 0 Å². The van der Waals surface area contributed by atoms with Crippen LogP contribution in [-0.4, -0.2) is 27.8 Å². The van der Waals surface area contributed by atoms with Crippen LogP contribution in [0, 0.1) is 0 Å². The molecule has 26 heavy (non-hydrogen) atoms. The molecule has 0 radical (unpaired) electrons. The molecule has 2 aromatic heterocycles. The Bertz CT molecular complexity index is 815. The van der Waals surface area contributed by atoms with E-state index in [1.165, 1.54) is 62.9 Å². The van der Waals surface area contributed by atoms with Crippen molar-refractivity contribution in [2.75, 3.05) is 0 Å². The molecular weight excluding hydrogens is 423 g/mol. The van der Waals surface area contributed by atoms with Crippen molar-refractivity contribution < 1.29 is 0 Å². The number of unbranched alkanes of at least 4 members (excludes halogenated alkanes) is 3. The average molecular weight is 457 g/mol. The van der Waals surface area contributed by atoms with Gasteiger partial charge in [0.2, 0.25) is 0 Å². The molecule has 140 valence electrons. The van der Waals surface area contributed by atoms with Gasteiger partial charge in [0.05, 0.1) is 0 Å². The molecule has 3 heteroatoms. The SMILES string of the molecule is CCC[CH2][Sn]([CH2]CCC)([CH2]CCC)[c]1ccc2c(c1)nc1ccccn12. The Morgan fingerprint density at radius 2 is 1.50 bits per heavy atom. The van der Waals surface area contributed by atoms with Crippen LogP contribution in [0.15, 0.2) is 42.6 Å². The molecule has 0 amide bonds. The summed E-state index contributed by atoms with van der Waals surface area (Å²) in [6, 6.07) is 13.6. The summed E-state index contributed by atoms with van der Waals surface area (Å²) in [7, 11) is 0. The van der Waals surface area contributed by atoms with Crippen LogP contribution in [0.3, 0.4) is 0 Å². The summed E-state index contributed by atoms with van der Waals surface area (Å²) in [6.45, 7) is 7.05. The average Bonchev–Trinajstić information content (AvgIpc) is 3.05. The van der Waals surface area contributed by atoms with E-state index in [9.17, 15) is 0 Å². The summed E-state index contributed by atoms with van der Waals surface area (Å²) in [5.41, 5.74) is 3.52. The van der Waals surface area contributed by atoms with Crippen LogP contribution in [0.2, 0.25) is 13.3 Å². The van der Waals surface area contributed by atoms with E-state index >= 15 is 0 Å². The van der Waals surface area contributed by atoms with Gasteiger partial charge in [-0.1, -0.05) is 0 Å². The molecule has 2 nitrogen and oxygen atoms in total. The zero-order chi connectivity index (χ0) is 18.4. The second-order valence-corrected chi connectivity index (χ2v) is 21.1. The molecular formula is C23H34N2Sn. The quantitative estimate of drug-likeness (QED) is 0.316. The number of fused-ring (bicyclic) bond motifs is 3. The van der Waals surface area contributed by atoms with Crippen molar-refractivity contribution in [3.8, 4) is 0 Å². The van der Waals surface area contributed by atoms with Gasteiger partial charge < -0.3 is 0 Å². The Morgan fingerprint density at radius 1 is 0.846 bits per heavy atom. The second kappa shape index (κ2) is 9.25. The molecule has 0 aliphatic carbocycles. The molecule has 0 fully saturated rings. The first-order valence-electron chi connectivity index (χ1n) is 10.6. The fraction of sp³-hybridized carbons (Fsp3) is 0.522. The Morgan fingerprint density at radius 3 is 2.12 bits per heavy atom. The summed E-state index contributed by atoms with van der Waals surface area (Å²) in [5.74, 6) is 0. The van der Waals surface area contributed by atoms with Crippen molar-refractivity contribution in [3.63, 3.8) is 0 Å². The third-order valence-corrected chi connectivity index (χ3v) is 21.6. The Balaban J connectivity index is 2.06. The van der Waals surface area contributed by atoms with E-state index in [2.05, 4.69) is 67.8 Å². The van der Waals surface area contributed by atoms with E-state index < -0.39 is 18.4 Å². The van der Waals surface area contributed by atoms with Crippen molar-refractivity contribution in [1.82, 2.24) is 9.38 Å². The van der Waals surface area contributed by atoms with E-state index in [4.69, 9.17) is 4.98 Å². The molecule has 0 aliphatic rings. The van der Waals surface area contributed by atoms with Crippen LogP contribution in [0.4, 0.5) is 0 Å². The summed E-state index contributed by atoms with van der Waals surface area (Å²) in [5, 5.41) is 0. The zero-order valence-electron chi connectivity index (χ0n) is 16.8. The number of hydrogen-bond acceptors (Lipinski definition) is 1. The van der Waals surface area contributed by atoms with Gasteiger partial charge in [-0.2, -0.15) is 0 Å². The van der Waals surface area contributed by atoms with Gasteiger partial charge in [-0.15, -0.1) is 0 Å². The van der Waals surface area contributed by atoms with Gasteiger partial charge in [0.25, 0.3) is 0 Å². The number of benzene rings is 1. The predicted octanol–water partition coefficient (Wildman–Crippen LogP) is 6.54. The molecule has 0 saturated heterocycles. The van der Waals surface area contributed by atoms with Crippen LogP contribution in [0.5, 0.6) is 0 Å². The Labute approximate surface area is 162 Å². The summed E-state index contributed by atoms with van der Waals surface area (Å²) < 4.78 is 8.50. The fourth-order valence-corrected chi connectivity index (χ4v) is 20.3. The van der Waals surface area contributed by atoms with Crippen LogP contribution in [0.25, 0.3) is 16.7 Å². The first-order chi connectivity index (χ1) is 12.7. The third kappa shape index (κ3) is 4.10. The van der Waals surface area contributed by atoms with Crippen molar-refractivity contribution in [2.24, 2.45) is 0 Å². The van der Waals surface area contributed by atoms with Crippen LogP contribution in [0.1, 0.15) is 59.3 Å². The van der Waals surface area contributed by atoms with E-state index in [1.807, 2.05) is 0 Å². The number of hydrogen-bond donors (Lipinski definition) is 0. The standard InChI is InChI=1S/C11H7N2.3C4H9.Sn/c1-2-6-10-9(5-1)12-11-7-3-4-8-13(10)11;3*1-3-4-2;/h2-8H;3*1,3-4H2,2H3;. The number of aromatic nitrogens is 2. The molecule has 0 atom stereocenters. The third-order valence-electron chi connectivity index (χ3n) is 5.95. The number of imidazole rings is 1. The van der Waals surface area contributed by atoms with Gasteiger partial charge in [0.1, 0.15) is 0 Å². The monoisotopic (exact) mass is 458 g/mol. The zero-order valence-corrected chi connectivity index (χ0v) is 19.7. The molecule has 3 aromatic rings. The van der Waals surface area contributed by atoms with Crippen molar-refractivity contribution in [3.05, 3.63) is 42.6 Å².